The van der Waals surface area contributed by atoms with E-state index in [1.807, 2.05) is 17.0 Å². The number of carbonyl (C=O) groups is 2. The van der Waals surface area contributed by atoms with Crippen molar-refractivity contribution in [1.82, 2.24) is 14.7 Å². The average Bonchev–Trinajstić information content (AvgIpc) is 3.89. The third kappa shape index (κ3) is 3.72. The molecule has 1 spiro atoms. The number of carbonyl (C=O) groups excluding carboxylic acids is 2. The maximum absolute atomic E-state index is 14.6. The van der Waals surface area contributed by atoms with E-state index in [0.29, 0.717) is 44.1 Å². The van der Waals surface area contributed by atoms with Crippen LogP contribution in [0.3, 0.4) is 0 Å². The molecule has 2 aromatic rings. The zero-order chi connectivity index (χ0) is 28.1. The molecule has 3 saturated carbocycles. The fraction of sp³-hybridized carbons (Fsp3) is 0.576. The lowest BCUT2D eigenvalue weighted by molar-refractivity contribution is -0.189. The molecule has 0 aromatic heterocycles. The monoisotopic (exact) mass is 557 g/mol. The number of rotatable bonds is 6. The van der Waals surface area contributed by atoms with Crippen LogP contribution in [0.25, 0.3) is 0 Å². The molecule has 216 valence electrons. The molecule has 41 heavy (non-hydrogen) atoms. The number of nitrogens with zero attached hydrogens (tertiary/aromatic N) is 3. The minimum atomic E-state index is -1.04. The molecule has 6 aliphatic rings. The van der Waals surface area contributed by atoms with Crippen molar-refractivity contribution in [2.24, 2.45) is 11.8 Å². The Morgan fingerprint density at radius 3 is 2.29 bits per heavy atom. The van der Waals surface area contributed by atoms with Crippen molar-refractivity contribution >= 4 is 11.9 Å². The van der Waals surface area contributed by atoms with Crippen molar-refractivity contribution in [3.8, 4) is 11.5 Å². The first-order chi connectivity index (χ1) is 19.7. The molecule has 8 rings (SSSR count). The first kappa shape index (κ1) is 25.6. The van der Waals surface area contributed by atoms with Gasteiger partial charge in [0.05, 0.1) is 12.1 Å². The Balaban J connectivity index is 1.22. The van der Waals surface area contributed by atoms with Gasteiger partial charge in [-0.2, -0.15) is 0 Å². The molecule has 8 nitrogen and oxygen atoms in total. The number of phenolic OH excluding ortho intramolecular Hbond substituents is 2. The molecule has 2 saturated heterocycles. The lowest BCUT2D eigenvalue weighted by Gasteiger charge is -2.66. The van der Waals surface area contributed by atoms with E-state index >= 15 is 0 Å². The summed E-state index contributed by atoms with van der Waals surface area (Å²) in [4.78, 5) is 34.4. The number of likely N-dealkylation sites (tertiary alicyclic amines) is 1. The van der Waals surface area contributed by atoms with Crippen molar-refractivity contribution in [3.05, 3.63) is 59.2 Å². The number of hydrogen-bond acceptors (Lipinski definition) is 6. The van der Waals surface area contributed by atoms with Crippen LogP contribution in [0.2, 0.25) is 0 Å². The number of phenols is 2. The van der Waals surface area contributed by atoms with E-state index in [9.17, 15) is 24.9 Å². The number of fused-ring (bicyclic) bond motifs is 1. The summed E-state index contributed by atoms with van der Waals surface area (Å²) in [7, 11) is 0. The fourth-order valence-electron chi connectivity index (χ4n) is 8.90. The van der Waals surface area contributed by atoms with Gasteiger partial charge in [0, 0.05) is 24.5 Å². The molecule has 1 unspecified atom stereocenters. The minimum absolute atomic E-state index is 0.0385. The Labute approximate surface area is 240 Å². The molecule has 4 atom stereocenters. The summed E-state index contributed by atoms with van der Waals surface area (Å²) in [5.41, 5.74) is 0.109. The number of urea groups is 1. The van der Waals surface area contributed by atoms with Gasteiger partial charge in [-0.1, -0.05) is 18.2 Å². The lowest BCUT2D eigenvalue weighted by Crippen LogP contribution is -2.76. The zero-order valence-corrected chi connectivity index (χ0v) is 23.5. The maximum Gasteiger partial charge on any atom is 0.327 e. The summed E-state index contributed by atoms with van der Waals surface area (Å²) in [6, 6.07) is 12.0. The minimum Gasteiger partial charge on any atom is -0.508 e. The number of amides is 3. The highest BCUT2D eigenvalue weighted by Gasteiger charge is 2.72. The highest BCUT2D eigenvalue weighted by Crippen LogP contribution is 2.63. The van der Waals surface area contributed by atoms with Crippen molar-refractivity contribution in [3.63, 3.8) is 0 Å². The first-order valence-corrected chi connectivity index (χ1v) is 15.4. The van der Waals surface area contributed by atoms with E-state index in [0.717, 1.165) is 49.0 Å². The van der Waals surface area contributed by atoms with Crippen molar-refractivity contribution in [1.29, 1.82) is 0 Å². The van der Waals surface area contributed by atoms with Crippen LogP contribution < -0.4 is 0 Å². The highest BCUT2D eigenvalue weighted by atomic mass is 16.3. The standard InChI is InChI=1S/C33H39N3O5/c37-25-8-5-22(6-9-25)18-35-29(39)32(36(30(35)40)19-23-3-4-23)11-12-33(41)28-15-24-7-10-26(38)16-27(24)31(33,20-32)13-14-34(28)17-21-1-2-21/h5-10,16,21,23,28,37-38,41H,1-4,11-15,17-20H2/t28?,31-,32+,33-/m1/s1. The number of aromatic hydroxyl groups is 2. The summed E-state index contributed by atoms with van der Waals surface area (Å²) in [6.07, 6.45) is 7.34. The Morgan fingerprint density at radius 2 is 1.56 bits per heavy atom. The molecule has 8 heteroatoms. The summed E-state index contributed by atoms with van der Waals surface area (Å²) in [6.45, 7) is 2.58. The molecular weight excluding hydrogens is 518 g/mol. The van der Waals surface area contributed by atoms with Crippen LogP contribution >= 0.6 is 0 Å². The van der Waals surface area contributed by atoms with E-state index in [1.165, 1.54) is 17.7 Å². The third-order valence-electron chi connectivity index (χ3n) is 11.4. The molecule has 2 heterocycles. The third-order valence-corrected chi connectivity index (χ3v) is 11.4. The van der Waals surface area contributed by atoms with Gasteiger partial charge < -0.3 is 20.2 Å². The zero-order valence-electron chi connectivity index (χ0n) is 23.5. The van der Waals surface area contributed by atoms with E-state index in [2.05, 4.69) is 4.90 Å². The molecule has 3 N–H and O–H groups in total. The number of aliphatic hydroxyl groups is 1. The summed E-state index contributed by atoms with van der Waals surface area (Å²) >= 11 is 0. The molecule has 3 amide bonds. The Bertz CT molecular complexity index is 1420. The van der Waals surface area contributed by atoms with Gasteiger partial charge in [-0.15, -0.1) is 0 Å². The molecule has 0 radical (unpaired) electrons. The summed E-state index contributed by atoms with van der Waals surface area (Å²) in [5.74, 6) is 1.27. The predicted molar refractivity (Wildman–Crippen MR) is 151 cm³/mol. The van der Waals surface area contributed by atoms with Crippen molar-refractivity contribution < 1.29 is 24.9 Å². The molecule has 4 aliphatic carbocycles. The topological polar surface area (TPSA) is 105 Å². The van der Waals surface area contributed by atoms with E-state index < -0.39 is 16.6 Å². The molecular formula is C33H39N3O5. The highest BCUT2D eigenvalue weighted by molar-refractivity contribution is 6.07. The largest absolute Gasteiger partial charge is 0.508 e. The number of benzene rings is 2. The van der Waals surface area contributed by atoms with Gasteiger partial charge in [0.15, 0.2) is 0 Å². The van der Waals surface area contributed by atoms with Gasteiger partial charge in [0.2, 0.25) is 0 Å². The number of piperidine rings is 1. The maximum atomic E-state index is 14.6. The van der Waals surface area contributed by atoms with Crippen LogP contribution in [0.1, 0.15) is 68.1 Å². The second-order valence-corrected chi connectivity index (χ2v) is 13.9. The van der Waals surface area contributed by atoms with E-state index in [1.54, 1.807) is 30.3 Å². The van der Waals surface area contributed by atoms with Gasteiger partial charge in [-0.3, -0.25) is 14.6 Å². The quantitative estimate of drug-likeness (QED) is 0.466. The van der Waals surface area contributed by atoms with Gasteiger partial charge in [0.1, 0.15) is 17.0 Å². The second kappa shape index (κ2) is 8.71. The summed E-state index contributed by atoms with van der Waals surface area (Å²) in [5, 5.41) is 33.2. The number of hydrogen-bond donors (Lipinski definition) is 3. The van der Waals surface area contributed by atoms with Gasteiger partial charge in [-0.05, 0) is 117 Å². The fourth-order valence-corrected chi connectivity index (χ4v) is 8.90. The Hall–Kier alpha value is -3.10. The van der Waals surface area contributed by atoms with Crippen LogP contribution in [0, 0.1) is 11.8 Å². The van der Waals surface area contributed by atoms with Gasteiger partial charge >= 0.3 is 6.03 Å². The van der Waals surface area contributed by atoms with Crippen LogP contribution in [-0.2, 0) is 23.2 Å². The van der Waals surface area contributed by atoms with Crippen molar-refractivity contribution in [2.45, 2.75) is 86.9 Å². The summed E-state index contributed by atoms with van der Waals surface area (Å²) < 4.78 is 0. The predicted octanol–water partition coefficient (Wildman–Crippen LogP) is 3.90. The Morgan fingerprint density at radius 1 is 0.854 bits per heavy atom. The van der Waals surface area contributed by atoms with Crippen LogP contribution in [0.4, 0.5) is 4.79 Å². The van der Waals surface area contributed by atoms with Crippen molar-refractivity contribution in [2.75, 3.05) is 19.6 Å². The molecule has 2 bridgehead atoms. The van der Waals surface area contributed by atoms with E-state index in [4.69, 9.17) is 0 Å². The average molecular weight is 558 g/mol. The molecule has 2 aliphatic heterocycles. The molecule has 5 fully saturated rings. The SMILES string of the molecule is O=C1N(Cc2ccc(O)cc2)C(=O)[C@@]2(CC[C@@]3(O)C4Cc5ccc(O)cc5[C@@]3(CCN4CC3CC3)C2)N1CC1CC1. The van der Waals surface area contributed by atoms with E-state index in [-0.39, 0.29) is 36.0 Å². The van der Waals surface area contributed by atoms with Crippen LogP contribution in [-0.4, -0.2) is 78.8 Å². The van der Waals surface area contributed by atoms with Gasteiger partial charge in [-0.25, -0.2) is 4.79 Å². The Kier molecular flexibility index (Phi) is 5.44. The molecule has 2 aromatic carbocycles. The van der Waals surface area contributed by atoms with Gasteiger partial charge in [0.25, 0.3) is 5.91 Å². The lowest BCUT2D eigenvalue weighted by atomic mass is 9.46. The van der Waals surface area contributed by atoms with Crippen LogP contribution in [0.5, 0.6) is 11.5 Å². The normalized spacial score (nSPS) is 34.7. The van der Waals surface area contributed by atoms with Crippen LogP contribution in [0.15, 0.2) is 42.5 Å². The number of imide groups is 1. The smallest absolute Gasteiger partial charge is 0.327 e. The second-order valence-electron chi connectivity index (χ2n) is 13.9. The first-order valence-electron chi connectivity index (χ1n) is 15.4.